The molecule has 5 nitrogen and oxygen atoms in total. The van der Waals surface area contributed by atoms with E-state index >= 15 is 0 Å². The molecule has 2 rings (SSSR count). The topological polar surface area (TPSA) is 75.0 Å². The number of hydrogen-bond acceptors (Lipinski definition) is 5. The van der Waals surface area contributed by atoms with E-state index in [4.69, 9.17) is 10.00 Å². The van der Waals surface area contributed by atoms with Gasteiger partial charge in [0.25, 0.3) is 5.91 Å². The standard InChI is InChI=1S/C15H15N3O2S/c1-11-6-7-13(21-11)15(19)18-14-12(5-4-9-17-14)20-10-3-2-8-16/h4-7,9H,2-3,10H2,1H3,(H,17,18,19). The third-order valence-electron chi connectivity index (χ3n) is 2.66. The van der Waals surface area contributed by atoms with Crippen LogP contribution >= 0.6 is 11.3 Å². The molecule has 108 valence electrons. The molecule has 2 aromatic rings. The monoisotopic (exact) mass is 301 g/mol. The van der Waals surface area contributed by atoms with Crippen molar-refractivity contribution in [2.24, 2.45) is 0 Å². The van der Waals surface area contributed by atoms with Crippen LogP contribution in [-0.4, -0.2) is 17.5 Å². The van der Waals surface area contributed by atoms with Gasteiger partial charge in [0.1, 0.15) is 0 Å². The third kappa shape index (κ3) is 4.29. The van der Waals surface area contributed by atoms with Crippen LogP contribution in [0.2, 0.25) is 0 Å². The van der Waals surface area contributed by atoms with Crippen LogP contribution in [0.3, 0.4) is 0 Å². The van der Waals surface area contributed by atoms with Crippen LogP contribution in [0.25, 0.3) is 0 Å². The lowest BCUT2D eigenvalue weighted by molar-refractivity contribution is 0.102. The number of carbonyl (C=O) groups excluding carboxylic acids is 1. The van der Waals surface area contributed by atoms with E-state index in [9.17, 15) is 4.79 Å². The predicted molar refractivity (Wildman–Crippen MR) is 81.6 cm³/mol. The lowest BCUT2D eigenvalue weighted by atomic mass is 10.3. The van der Waals surface area contributed by atoms with Gasteiger partial charge in [-0.3, -0.25) is 4.79 Å². The summed E-state index contributed by atoms with van der Waals surface area (Å²) in [5.74, 6) is 0.705. The number of nitrogens with one attached hydrogen (secondary N) is 1. The summed E-state index contributed by atoms with van der Waals surface area (Å²) in [5, 5.41) is 11.2. The highest BCUT2D eigenvalue weighted by Crippen LogP contribution is 2.23. The molecule has 0 saturated carbocycles. The SMILES string of the molecule is Cc1ccc(C(=O)Nc2ncccc2OCCCC#N)s1. The van der Waals surface area contributed by atoms with Gasteiger partial charge in [-0.25, -0.2) is 4.98 Å². The second kappa shape index (κ2) is 7.41. The van der Waals surface area contributed by atoms with Crippen LogP contribution in [0.15, 0.2) is 30.5 Å². The Bertz CT molecular complexity index is 661. The minimum Gasteiger partial charge on any atom is -0.490 e. The van der Waals surface area contributed by atoms with Crippen molar-refractivity contribution in [3.8, 4) is 11.8 Å². The van der Waals surface area contributed by atoms with Crippen molar-refractivity contribution in [2.75, 3.05) is 11.9 Å². The van der Waals surface area contributed by atoms with E-state index in [0.717, 1.165) is 4.88 Å². The number of anilines is 1. The van der Waals surface area contributed by atoms with Crippen molar-refractivity contribution in [3.05, 3.63) is 40.2 Å². The van der Waals surface area contributed by atoms with Crippen molar-refractivity contribution < 1.29 is 9.53 Å². The Kier molecular flexibility index (Phi) is 5.29. The number of aromatic nitrogens is 1. The fourth-order valence-corrected chi connectivity index (χ4v) is 2.42. The van der Waals surface area contributed by atoms with Gasteiger partial charge in [0.05, 0.1) is 17.6 Å². The summed E-state index contributed by atoms with van der Waals surface area (Å²) in [7, 11) is 0. The number of pyridine rings is 1. The Labute approximate surface area is 127 Å². The van der Waals surface area contributed by atoms with Gasteiger partial charge in [-0.15, -0.1) is 11.3 Å². The maximum Gasteiger partial charge on any atom is 0.266 e. The van der Waals surface area contributed by atoms with E-state index in [1.807, 2.05) is 13.0 Å². The van der Waals surface area contributed by atoms with Crippen LogP contribution in [0.5, 0.6) is 5.75 Å². The fraction of sp³-hybridized carbons (Fsp3) is 0.267. The zero-order chi connectivity index (χ0) is 15.1. The highest BCUT2D eigenvalue weighted by atomic mass is 32.1. The Morgan fingerprint density at radius 2 is 2.33 bits per heavy atom. The maximum absolute atomic E-state index is 12.1. The van der Waals surface area contributed by atoms with E-state index in [0.29, 0.717) is 35.9 Å². The second-order valence-corrected chi connectivity index (χ2v) is 5.61. The quantitative estimate of drug-likeness (QED) is 0.830. The second-order valence-electron chi connectivity index (χ2n) is 4.32. The molecule has 6 heteroatoms. The molecule has 2 aromatic heterocycles. The van der Waals surface area contributed by atoms with Crippen molar-refractivity contribution in [3.63, 3.8) is 0 Å². The van der Waals surface area contributed by atoms with Crippen molar-refractivity contribution in [2.45, 2.75) is 19.8 Å². The molecule has 0 aliphatic rings. The largest absolute Gasteiger partial charge is 0.490 e. The number of nitriles is 1. The molecule has 0 spiro atoms. The van der Waals surface area contributed by atoms with Gasteiger partial charge in [0.2, 0.25) is 0 Å². The third-order valence-corrected chi connectivity index (χ3v) is 3.66. The van der Waals surface area contributed by atoms with Gasteiger partial charge in [-0.1, -0.05) is 0 Å². The Morgan fingerprint density at radius 1 is 1.48 bits per heavy atom. The van der Waals surface area contributed by atoms with Crippen LogP contribution in [0.4, 0.5) is 5.82 Å². The summed E-state index contributed by atoms with van der Waals surface area (Å²) in [5.41, 5.74) is 0. The molecule has 1 N–H and O–H groups in total. The molecule has 0 aliphatic carbocycles. The average Bonchev–Trinajstić information content (AvgIpc) is 2.92. The lowest BCUT2D eigenvalue weighted by Crippen LogP contribution is -2.13. The molecule has 1 amide bonds. The first-order valence-corrected chi connectivity index (χ1v) is 7.35. The van der Waals surface area contributed by atoms with Gasteiger partial charge in [-0.05, 0) is 37.6 Å². The van der Waals surface area contributed by atoms with E-state index in [-0.39, 0.29) is 5.91 Å². The number of amides is 1. The summed E-state index contributed by atoms with van der Waals surface area (Å²) in [6.45, 7) is 2.37. The van der Waals surface area contributed by atoms with Crippen LogP contribution in [0, 0.1) is 18.3 Å². The molecular formula is C15H15N3O2S. The first-order valence-electron chi connectivity index (χ1n) is 6.53. The minimum absolute atomic E-state index is 0.200. The Balaban J connectivity index is 2.02. The summed E-state index contributed by atoms with van der Waals surface area (Å²) in [6, 6.07) is 9.23. The molecular weight excluding hydrogens is 286 g/mol. The normalized spacial score (nSPS) is 9.90. The predicted octanol–water partition coefficient (Wildman–Crippen LogP) is 3.39. The lowest BCUT2D eigenvalue weighted by Gasteiger charge is -2.10. The van der Waals surface area contributed by atoms with E-state index in [1.54, 1.807) is 24.4 Å². The molecule has 0 bridgehead atoms. The number of ether oxygens (including phenoxy) is 1. The number of aryl methyl sites for hydroxylation is 1. The van der Waals surface area contributed by atoms with Gasteiger partial charge in [0, 0.05) is 17.5 Å². The molecule has 0 unspecified atom stereocenters. The fourth-order valence-electron chi connectivity index (χ4n) is 1.66. The van der Waals surface area contributed by atoms with Gasteiger partial charge >= 0.3 is 0 Å². The number of unbranched alkanes of at least 4 members (excludes halogenated alkanes) is 1. The molecule has 21 heavy (non-hydrogen) atoms. The first kappa shape index (κ1) is 15.0. The zero-order valence-electron chi connectivity index (χ0n) is 11.6. The summed E-state index contributed by atoms with van der Waals surface area (Å²) in [6.07, 6.45) is 2.68. The number of hydrogen-bond donors (Lipinski definition) is 1. The average molecular weight is 301 g/mol. The Hall–Kier alpha value is -2.39. The number of nitrogens with zero attached hydrogens (tertiary/aromatic N) is 2. The molecule has 2 heterocycles. The van der Waals surface area contributed by atoms with Crippen LogP contribution in [-0.2, 0) is 0 Å². The zero-order valence-corrected chi connectivity index (χ0v) is 12.4. The van der Waals surface area contributed by atoms with E-state index in [2.05, 4.69) is 16.4 Å². The number of carbonyl (C=O) groups is 1. The Morgan fingerprint density at radius 3 is 3.05 bits per heavy atom. The van der Waals surface area contributed by atoms with E-state index < -0.39 is 0 Å². The van der Waals surface area contributed by atoms with E-state index in [1.165, 1.54) is 11.3 Å². The van der Waals surface area contributed by atoms with Gasteiger partial charge in [-0.2, -0.15) is 5.26 Å². The van der Waals surface area contributed by atoms with Crippen molar-refractivity contribution in [1.29, 1.82) is 5.26 Å². The highest BCUT2D eigenvalue weighted by Gasteiger charge is 2.12. The molecule has 0 aromatic carbocycles. The van der Waals surface area contributed by atoms with Gasteiger partial charge < -0.3 is 10.1 Å². The molecule has 0 saturated heterocycles. The smallest absolute Gasteiger partial charge is 0.266 e. The number of rotatable bonds is 6. The van der Waals surface area contributed by atoms with Crippen LogP contribution < -0.4 is 10.1 Å². The summed E-state index contributed by atoms with van der Waals surface area (Å²) in [4.78, 5) is 18.0. The molecule has 0 fully saturated rings. The summed E-state index contributed by atoms with van der Waals surface area (Å²) < 4.78 is 5.56. The number of thiophene rings is 1. The first-order chi connectivity index (χ1) is 10.2. The van der Waals surface area contributed by atoms with Crippen LogP contribution in [0.1, 0.15) is 27.4 Å². The molecule has 0 radical (unpaired) electrons. The van der Waals surface area contributed by atoms with Crippen molar-refractivity contribution >= 4 is 23.1 Å². The summed E-state index contributed by atoms with van der Waals surface area (Å²) >= 11 is 1.43. The van der Waals surface area contributed by atoms with Crippen molar-refractivity contribution in [1.82, 2.24) is 4.98 Å². The molecule has 0 atom stereocenters. The highest BCUT2D eigenvalue weighted by molar-refractivity contribution is 7.14. The minimum atomic E-state index is -0.200. The maximum atomic E-state index is 12.1. The molecule has 0 aliphatic heterocycles. The van der Waals surface area contributed by atoms with Gasteiger partial charge in [0.15, 0.2) is 11.6 Å².